The summed E-state index contributed by atoms with van der Waals surface area (Å²) in [4.78, 5) is 46.7. The average Bonchev–Trinajstić information content (AvgIpc) is 3.51. The molecule has 0 saturated heterocycles. The predicted octanol–water partition coefficient (Wildman–Crippen LogP) is 9.00. The van der Waals surface area contributed by atoms with E-state index in [0.717, 1.165) is 32.2 Å². The molecule has 0 fully saturated rings. The maximum atomic E-state index is 13.7. The van der Waals surface area contributed by atoms with Crippen molar-refractivity contribution in [2.75, 3.05) is 10.6 Å². The Bertz CT molecular complexity index is 2070. The van der Waals surface area contributed by atoms with Gasteiger partial charge in [-0.05, 0) is 60.5 Å². The zero-order chi connectivity index (χ0) is 34.0. The number of carbonyl (C=O) groups is 3. The molecular weight excluding hydrogens is 649 g/mol. The summed E-state index contributed by atoms with van der Waals surface area (Å²) in [6.45, 7) is 2.00. The first kappa shape index (κ1) is 33.1. The molecule has 1 unspecified atom stereocenters. The lowest BCUT2D eigenvalue weighted by Gasteiger charge is -2.17. The van der Waals surface area contributed by atoms with Crippen LogP contribution in [-0.2, 0) is 9.59 Å². The van der Waals surface area contributed by atoms with Gasteiger partial charge < -0.3 is 16.0 Å². The van der Waals surface area contributed by atoms with Crippen molar-refractivity contribution < 1.29 is 14.4 Å². The van der Waals surface area contributed by atoms with Crippen LogP contribution < -0.4 is 16.0 Å². The molecule has 0 bridgehead atoms. The number of aromatic nitrogens is 1. The van der Waals surface area contributed by atoms with Crippen LogP contribution in [0.5, 0.6) is 0 Å². The lowest BCUT2D eigenvalue weighted by Crippen LogP contribution is -2.30. The number of amides is 3. The minimum atomic E-state index is -0.556. The molecule has 1 atom stereocenters. The minimum absolute atomic E-state index is 0.104. The van der Waals surface area contributed by atoms with E-state index in [1.807, 2.05) is 116 Å². The van der Waals surface area contributed by atoms with Crippen molar-refractivity contribution in [3.63, 3.8) is 0 Å². The Labute approximate surface area is 293 Å². The number of anilines is 2. The molecule has 0 aliphatic carbocycles. The van der Waals surface area contributed by atoms with Gasteiger partial charge in [-0.25, -0.2) is 4.98 Å². The number of hydrogen-bond acceptors (Lipinski definition) is 6. The molecule has 0 spiro atoms. The van der Waals surface area contributed by atoms with Gasteiger partial charge in [0, 0.05) is 26.6 Å². The number of nitrogens with zero attached hydrogens (tertiary/aromatic N) is 1. The van der Waals surface area contributed by atoms with E-state index < -0.39 is 11.2 Å². The first-order valence-corrected chi connectivity index (χ1v) is 17.2. The van der Waals surface area contributed by atoms with Gasteiger partial charge in [0.25, 0.3) is 11.8 Å². The fourth-order valence-corrected chi connectivity index (χ4v) is 6.86. The molecule has 1 aromatic heterocycles. The van der Waals surface area contributed by atoms with Crippen LogP contribution in [0.2, 0.25) is 0 Å². The van der Waals surface area contributed by atoms with Crippen LogP contribution in [0, 0.1) is 6.92 Å². The third-order valence-corrected chi connectivity index (χ3v) is 9.57. The summed E-state index contributed by atoms with van der Waals surface area (Å²) >= 11 is 2.85. The third kappa shape index (κ3) is 8.78. The van der Waals surface area contributed by atoms with Crippen LogP contribution in [-0.4, -0.2) is 22.7 Å². The van der Waals surface area contributed by atoms with E-state index in [-0.39, 0.29) is 17.5 Å². The molecule has 5 aromatic carbocycles. The molecule has 0 saturated carbocycles. The van der Waals surface area contributed by atoms with E-state index >= 15 is 0 Å². The highest BCUT2D eigenvalue weighted by atomic mass is 32.2. The second-order valence-corrected chi connectivity index (χ2v) is 13.3. The smallest absolute Gasteiger partial charge is 0.272 e. The van der Waals surface area contributed by atoms with E-state index in [0.29, 0.717) is 16.4 Å². The molecule has 3 amide bonds. The fraction of sp³-hybridized carbons (Fsp3) is 0.0500. The van der Waals surface area contributed by atoms with Gasteiger partial charge in [-0.1, -0.05) is 109 Å². The van der Waals surface area contributed by atoms with Crippen molar-refractivity contribution in [1.29, 1.82) is 0 Å². The van der Waals surface area contributed by atoms with Gasteiger partial charge in [0.2, 0.25) is 5.91 Å². The lowest BCUT2D eigenvalue weighted by atomic mass is 10.1. The number of nitrogens with one attached hydrogen (secondary N) is 3. The van der Waals surface area contributed by atoms with Gasteiger partial charge in [-0.3, -0.25) is 14.4 Å². The first-order valence-electron chi connectivity index (χ1n) is 15.5. The number of thiazole rings is 1. The van der Waals surface area contributed by atoms with Gasteiger partial charge in [-0.2, -0.15) is 0 Å². The number of hydrogen-bond donors (Lipinski definition) is 3. The van der Waals surface area contributed by atoms with Crippen molar-refractivity contribution in [3.8, 4) is 11.3 Å². The molecular formula is C40H32N4O3S2. The second-order valence-electron chi connectivity index (χ2n) is 11.0. The van der Waals surface area contributed by atoms with Crippen molar-refractivity contribution in [2.45, 2.75) is 17.1 Å². The van der Waals surface area contributed by atoms with E-state index in [1.54, 1.807) is 42.5 Å². The highest BCUT2D eigenvalue weighted by molar-refractivity contribution is 8.00. The summed E-state index contributed by atoms with van der Waals surface area (Å²) in [5, 5.41) is 8.68. The molecule has 49 heavy (non-hydrogen) atoms. The van der Waals surface area contributed by atoms with Crippen LogP contribution in [0.25, 0.3) is 17.3 Å². The van der Waals surface area contributed by atoms with Crippen LogP contribution in [0.4, 0.5) is 10.8 Å². The summed E-state index contributed by atoms with van der Waals surface area (Å²) in [5.74, 6) is -1.05. The molecule has 242 valence electrons. The van der Waals surface area contributed by atoms with Gasteiger partial charge >= 0.3 is 0 Å². The number of aryl methyl sites for hydroxylation is 1. The Hall–Kier alpha value is -5.77. The largest absolute Gasteiger partial charge is 0.321 e. The Kier molecular flexibility index (Phi) is 10.7. The minimum Gasteiger partial charge on any atom is -0.321 e. The molecule has 3 N–H and O–H groups in total. The normalized spacial score (nSPS) is 11.7. The molecule has 0 radical (unpaired) electrons. The first-order chi connectivity index (χ1) is 23.9. The van der Waals surface area contributed by atoms with Crippen molar-refractivity contribution in [1.82, 2.24) is 10.3 Å². The molecule has 7 nitrogen and oxygen atoms in total. The molecule has 6 aromatic rings. The maximum absolute atomic E-state index is 13.7. The van der Waals surface area contributed by atoms with Gasteiger partial charge in [0.15, 0.2) is 5.13 Å². The second kappa shape index (κ2) is 15.9. The fourth-order valence-electron chi connectivity index (χ4n) is 5.00. The zero-order valence-electron chi connectivity index (χ0n) is 26.5. The summed E-state index contributed by atoms with van der Waals surface area (Å²) in [6.07, 6.45) is 1.64. The molecule has 9 heteroatoms. The Morgan fingerprint density at radius 3 is 1.96 bits per heavy atom. The Morgan fingerprint density at radius 2 is 1.31 bits per heavy atom. The summed E-state index contributed by atoms with van der Waals surface area (Å²) < 4.78 is 0. The van der Waals surface area contributed by atoms with E-state index in [2.05, 4.69) is 16.0 Å². The van der Waals surface area contributed by atoms with Gasteiger partial charge in [0.1, 0.15) is 10.9 Å². The Balaban J connectivity index is 1.17. The molecule has 1 heterocycles. The highest BCUT2D eigenvalue weighted by Crippen LogP contribution is 2.38. The number of thioether (sulfide) groups is 1. The number of benzene rings is 5. The monoisotopic (exact) mass is 680 g/mol. The van der Waals surface area contributed by atoms with E-state index in [4.69, 9.17) is 4.98 Å². The Morgan fingerprint density at radius 1 is 0.714 bits per heavy atom. The zero-order valence-corrected chi connectivity index (χ0v) is 28.1. The standard InChI is InChI=1S/C40H32N4O3S2/c1-27-35(29-16-8-3-9-17-29)43-40(48-27)44-39(47)36(30-18-10-4-11-19-30)49-33-24-22-32(23-25-33)41-38(46)34(26-28-14-6-2-7-15-28)42-37(45)31-20-12-5-13-21-31/h2-26,36H,1H3,(H,41,46)(H,42,45)(H,43,44,47)/b34-26-. The van der Waals surface area contributed by atoms with Crippen LogP contribution in [0.1, 0.15) is 31.6 Å². The predicted molar refractivity (Wildman–Crippen MR) is 199 cm³/mol. The number of carbonyl (C=O) groups excluding carboxylic acids is 3. The highest BCUT2D eigenvalue weighted by Gasteiger charge is 2.24. The summed E-state index contributed by atoms with van der Waals surface area (Å²) in [6, 6.07) is 44.8. The van der Waals surface area contributed by atoms with Gasteiger partial charge in [-0.15, -0.1) is 23.1 Å². The lowest BCUT2D eigenvalue weighted by molar-refractivity contribution is -0.116. The quantitative estimate of drug-likeness (QED) is 0.0937. The van der Waals surface area contributed by atoms with E-state index in [1.165, 1.54) is 23.1 Å². The van der Waals surface area contributed by atoms with E-state index in [9.17, 15) is 14.4 Å². The van der Waals surface area contributed by atoms with Crippen molar-refractivity contribution >= 4 is 57.7 Å². The number of rotatable bonds is 11. The average molecular weight is 681 g/mol. The van der Waals surface area contributed by atoms with Crippen LogP contribution >= 0.6 is 23.1 Å². The topological polar surface area (TPSA) is 100 Å². The van der Waals surface area contributed by atoms with Crippen molar-refractivity contribution in [3.05, 3.63) is 173 Å². The molecule has 0 aliphatic rings. The molecule has 0 aliphatic heterocycles. The summed E-state index contributed by atoms with van der Waals surface area (Å²) in [7, 11) is 0. The maximum Gasteiger partial charge on any atom is 0.272 e. The van der Waals surface area contributed by atoms with Crippen LogP contribution in [0.15, 0.2) is 156 Å². The van der Waals surface area contributed by atoms with Crippen molar-refractivity contribution in [2.24, 2.45) is 0 Å². The van der Waals surface area contributed by atoms with Crippen LogP contribution in [0.3, 0.4) is 0 Å². The summed E-state index contributed by atoms with van der Waals surface area (Å²) in [5.41, 5.74) is 4.55. The van der Waals surface area contributed by atoms with Gasteiger partial charge in [0.05, 0.1) is 5.69 Å². The third-order valence-electron chi connectivity index (χ3n) is 7.42. The molecule has 6 rings (SSSR count). The SMILES string of the molecule is Cc1sc(NC(=O)C(Sc2ccc(NC(=O)/C(=C/c3ccccc3)NC(=O)c3ccccc3)cc2)c2ccccc2)nc1-c1ccccc1.